The van der Waals surface area contributed by atoms with Crippen molar-refractivity contribution >= 4 is 29.6 Å². The fourth-order valence-electron chi connectivity index (χ4n) is 4.65. The summed E-state index contributed by atoms with van der Waals surface area (Å²) in [7, 11) is -2.17. The number of rotatable bonds is 4. The normalized spacial score (nSPS) is 15.4. The topological polar surface area (TPSA) is 51.6 Å². The van der Waals surface area contributed by atoms with Gasteiger partial charge in [0.05, 0.1) is 0 Å². The first-order valence-electron chi connectivity index (χ1n) is 10.3. The number of allylic oxidation sites excluding steroid dienone is 2. The zero-order valence-corrected chi connectivity index (χ0v) is 18.5. The molecule has 0 fully saturated rings. The van der Waals surface area contributed by atoms with Crippen molar-refractivity contribution in [2.75, 3.05) is 0 Å². The van der Waals surface area contributed by atoms with Crippen LogP contribution in [0, 0.1) is 0 Å². The second-order valence-corrected chi connectivity index (χ2v) is 12.4. The summed E-state index contributed by atoms with van der Waals surface area (Å²) in [5.41, 5.74) is 7.09. The zero-order chi connectivity index (χ0) is 21.3. The number of nitrogens with zero attached hydrogens (tertiary/aromatic N) is 4. The highest BCUT2D eigenvalue weighted by Gasteiger charge is 2.44. The highest BCUT2D eigenvalue weighted by atomic mass is 28.3. The molecule has 1 aliphatic rings. The molecule has 0 amide bonds. The monoisotopic (exact) mass is 418 g/mol. The lowest BCUT2D eigenvalue weighted by Gasteiger charge is -2.25. The Balaban J connectivity index is 1.92. The van der Waals surface area contributed by atoms with E-state index in [0.717, 1.165) is 11.1 Å². The molecule has 0 N–H and O–H groups in total. The Morgan fingerprint density at radius 1 is 0.484 bits per heavy atom. The fourth-order valence-corrected chi connectivity index (χ4v) is 8.39. The summed E-state index contributed by atoms with van der Waals surface area (Å²) < 4.78 is 0. The summed E-state index contributed by atoms with van der Waals surface area (Å²) in [6.45, 7) is 4.80. The van der Waals surface area contributed by atoms with Gasteiger partial charge in [0.25, 0.3) is 0 Å². The summed E-state index contributed by atoms with van der Waals surface area (Å²) >= 11 is 0. The molecule has 0 saturated heterocycles. The zero-order valence-electron chi connectivity index (χ0n) is 17.5. The molecule has 2 aromatic heterocycles. The number of hydrogen-bond donors (Lipinski definition) is 0. The maximum absolute atomic E-state index is 4.35. The molecule has 1 aliphatic heterocycles. The number of benzene rings is 2. The van der Waals surface area contributed by atoms with Gasteiger partial charge in [0, 0.05) is 35.9 Å². The van der Waals surface area contributed by atoms with Crippen LogP contribution in [0.5, 0.6) is 0 Å². The molecule has 0 saturated carbocycles. The largest absolute Gasteiger partial charge is 0.244 e. The van der Waals surface area contributed by atoms with E-state index >= 15 is 0 Å². The predicted octanol–water partition coefficient (Wildman–Crippen LogP) is 5.59. The summed E-state index contributed by atoms with van der Waals surface area (Å²) in [6.07, 6.45) is 10.9. The molecule has 0 radical (unpaired) electrons. The lowest BCUT2D eigenvalue weighted by molar-refractivity contribution is 1.15. The van der Waals surface area contributed by atoms with Gasteiger partial charge < -0.3 is 0 Å². The maximum atomic E-state index is 4.35. The Kier molecular flexibility index (Phi) is 4.88. The van der Waals surface area contributed by atoms with Crippen LogP contribution in [0.25, 0.3) is 21.5 Å². The summed E-state index contributed by atoms with van der Waals surface area (Å²) in [5, 5.41) is 2.69. The van der Waals surface area contributed by atoms with E-state index < -0.39 is 8.07 Å². The van der Waals surface area contributed by atoms with Crippen molar-refractivity contribution in [3.05, 3.63) is 120 Å². The van der Waals surface area contributed by atoms with Crippen LogP contribution < -0.4 is 0 Å². The third-order valence-electron chi connectivity index (χ3n) is 5.82. The molecule has 0 bridgehead atoms. The van der Waals surface area contributed by atoms with Gasteiger partial charge in [0.1, 0.15) is 20.7 Å². The van der Waals surface area contributed by atoms with Crippen LogP contribution >= 0.6 is 0 Å². The molecular weight excluding hydrogens is 396 g/mol. The minimum atomic E-state index is -2.17. The Hall–Kier alpha value is -3.70. The van der Waals surface area contributed by atoms with Crippen molar-refractivity contribution in [3.63, 3.8) is 0 Å². The highest BCUT2D eigenvalue weighted by Crippen LogP contribution is 2.55. The lowest BCUT2D eigenvalue weighted by Crippen LogP contribution is -2.28. The van der Waals surface area contributed by atoms with Crippen LogP contribution in [0.4, 0.5) is 0 Å². The minimum Gasteiger partial charge on any atom is -0.244 e. The molecule has 0 atom stereocenters. The molecule has 2 aromatic carbocycles. The molecule has 5 heteroatoms. The average Bonchev–Trinajstić information content (AvgIpc) is 3.08. The summed E-state index contributed by atoms with van der Waals surface area (Å²) in [6, 6.07) is 21.3. The molecule has 5 rings (SSSR count). The van der Waals surface area contributed by atoms with Crippen molar-refractivity contribution in [2.24, 2.45) is 0 Å². The van der Waals surface area contributed by atoms with E-state index in [0.29, 0.717) is 0 Å². The molecule has 3 heterocycles. The maximum Gasteiger partial charge on any atom is 0.115 e. The third kappa shape index (κ3) is 3.33. The number of hydrogen-bond acceptors (Lipinski definition) is 4. The Morgan fingerprint density at radius 3 is 1.19 bits per heavy atom. The minimum absolute atomic E-state index is 1.08. The second kappa shape index (κ2) is 7.85. The standard InChI is InChI=1S/C26H22N4Si/c1-31(2)25(21-13-27-17-28-14-21)23(19-9-5-3-6-10-19)24(20-11-7-4-8-12-20)26(31)22-15-29-18-30-16-22/h3-18H,1-2H3. The summed E-state index contributed by atoms with van der Waals surface area (Å²) in [5.74, 6) is 0. The van der Waals surface area contributed by atoms with Gasteiger partial charge >= 0.3 is 0 Å². The van der Waals surface area contributed by atoms with Gasteiger partial charge in [-0.1, -0.05) is 73.8 Å². The van der Waals surface area contributed by atoms with Crippen molar-refractivity contribution < 1.29 is 0 Å². The van der Waals surface area contributed by atoms with E-state index in [4.69, 9.17) is 0 Å². The van der Waals surface area contributed by atoms with E-state index in [1.165, 1.54) is 32.7 Å². The fraction of sp³-hybridized carbons (Fsp3) is 0.0769. The third-order valence-corrected chi connectivity index (χ3v) is 9.40. The smallest absolute Gasteiger partial charge is 0.115 e. The van der Waals surface area contributed by atoms with Crippen LogP contribution in [0.1, 0.15) is 22.3 Å². The van der Waals surface area contributed by atoms with Crippen LogP contribution in [0.15, 0.2) is 98.1 Å². The van der Waals surface area contributed by atoms with Gasteiger partial charge in [0.15, 0.2) is 0 Å². The lowest BCUT2D eigenvalue weighted by atomic mass is 9.90. The Morgan fingerprint density at radius 2 is 0.839 bits per heavy atom. The first-order valence-corrected chi connectivity index (χ1v) is 13.3. The van der Waals surface area contributed by atoms with Crippen LogP contribution in [0.3, 0.4) is 0 Å². The Bertz CT molecular complexity index is 1170. The van der Waals surface area contributed by atoms with Crippen molar-refractivity contribution in [1.29, 1.82) is 0 Å². The Labute approximate surface area is 183 Å². The van der Waals surface area contributed by atoms with E-state index in [1.54, 1.807) is 12.7 Å². The van der Waals surface area contributed by atoms with E-state index in [9.17, 15) is 0 Å². The highest BCUT2D eigenvalue weighted by molar-refractivity contribution is 7.13. The summed E-state index contributed by atoms with van der Waals surface area (Å²) in [4.78, 5) is 17.4. The molecule has 0 unspecified atom stereocenters. The quantitative estimate of drug-likeness (QED) is 0.406. The van der Waals surface area contributed by atoms with Gasteiger partial charge in [-0.25, -0.2) is 19.9 Å². The molecule has 0 aliphatic carbocycles. The number of aromatic nitrogens is 4. The van der Waals surface area contributed by atoms with Crippen LogP contribution in [-0.2, 0) is 0 Å². The average molecular weight is 419 g/mol. The van der Waals surface area contributed by atoms with Crippen molar-refractivity contribution in [1.82, 2.24) is 19.9 Å². The molecule has 4 aromatic rings. The van der Waals surface area contributed by atoms with Crippen molar-refractivity contribution in [3.8, 4) is 0 Å². The van der Waals surface area contributed by atoms with Gasteiger partial charge in [-0.2, -0.15) is 0 Å². The molecule has 0 spiro atoms. The molecule has 31 heavy (non-hydrogen) atoms. The molecular formula is C26H22N4Si. The van der Waals surface area contributed by atoms with E-state index in [1.807, 2.05) is 24.8 Å². The molecule has 150 valence electrons. The van der Waals surface area contributed by atoms with E-state index in [2.05, 4.69) is 93.7 Å². The first-order chi connectivity index (χ1) is 15.2. The van der Waals surface area contributed by atoms with Crippen LogP contribution in [0.2, 0.25) is 13.1 Å². The van der Waals surface area contributed by atoms with Gasteiger partial charge in [0.2, 0.25) is 0 Å². The molecule has 4 nitrogen and oxygen atoms in total. The van der Waals surface area contributed by atoms with Gasteiger partial charge in [-0.15, -0.1) is 0 Å². The van der Waals surface area contributed by atoms with Crippen LogP contribution in [-0.4, -0.2) is 28.0 Å². The second-order valence-electron chi connectivity index (χ2n) is 8.11. The van der Waals surface area contributed by atoms with Gasteiger partial charge in [-0.05, 0) is 32.7 Å². The van der Waals surface area contributed by atoms with Crippen molar-refractivity contribution in [2.45, 2.75) is 13.1 Å². The van der Waals surface area contributed by atoms with Gasteiger partial charge in [-0.3, -0.25) is 0 Å². The SMILES string of the molecule is C[Si]1(C)C(c2cncnc2)=C(c2ccccc2)C(c2ccccc2)=C1c1cncnc1. The predicted molar refractivity (Wildman–Crippen MR) is 128 cm³/mol. The first kappa shape index (κ1) is 19.3. The van der Waals surface area contributed by atoms with E-state index in [-0.39, 0.29) is 0 Å².